The number of anilines is 1. The van der Waals surface area contributed by atoms with E-state index in [1.54, 1.807) is 29.9 Å². The summed E-state index contributed by atoms with van der Waals surface area (Å²) in [4.78, 5) is 13.0. The van der Waals surface area contributed by atoms with E-state index in [1.165, 1.54) is 23.9 Å². The van der Waals surface area contributed by atoms with Crippen LogP contribution in [0.5, 0.6) is 0 Å². The lowest BCUT2D eigenvalue weighted by Gasteiger charge is -2.15. The first kappa shape index (κ1) is 16.8. The fourth-order valence-electron chi connectivity index (χ4n) is 1.86. The van der Waals surface area contributed by atoms with Gasteiger partial charge in [-0.3, -0.25) is 4.79 Å². The van der Waals surface area contributed by atoms with Gasteiger partial charge in [0.2, 0.25) is 5.91 Å². The molecule has 0 radical (unpaired) electrons. The summed E-state index contributed by atoms with van der Waals surface area (Å²) in [6.07, 6.45) is 1.65. The summed E-state index contributed by atoms with van der Waals surface area (Å²) in [6, 6.07) is 6.33. The van der Waals surface area contributed by atoms with Gasteiger partial charge in [0.1, 0.15) is 11.6 Å². The first-order valence-corrected chi connectivity index (χ1v) is 8.10. The van der Waals surface area contributed by atoms with E-state index >= 15 is 0 Å². The largest absolute Gasteiger partial charge is 0.310 e. The number of hydrogen-bond donors (Lipinski definition) is 1. The molecule has 118 valence electrons. The molecule has 1 heterocycles. The second-order valence-electron chi connectivity index (χ2n) is 5.08. The molecule has 4 nitrogen and oxygen atoms in total. The lowest BCUT2D eigenvalue weighted by Crippen LogP contribution is -2.24. The molecule has 0 bridgehead atoms. The number of carbonyl (C=O) groups excluding carboxylic acids is 1. The van der Waals surface area contributed by atoms with Gasteiger partial charge in [0.15, 0.2) is 0 Å². The predicted molar refractivity (Wildman–Crippen MR) is 88.0 cm³/mol. The van der Waals surface area contributed by atoms with Gasteiger partial charge in [-0.05, 0) is 39.0 Å². The van der Waals surface area contributed by atoms with E-state index in [0.29, 0.717) is 5.82 Å². The highest BCUT2D eigenvalue weighted by Crippen LogP contribution is 2.28. The average Bonchev–Trinajstić information content (AvgIpc) is 2.91. The minimum Gasteiger partial charge on any atom is -0.310 e. The minimum absolute atomic E-state index is 0.0514. The molecule has 0 saturated heterocycles. The standard InChI is InChI=1S/C15H17ClFN3OS/c1-9(2)20-14(6-7-18-20)19-15(21)10(3)22-11-4-5-13(17)12(16)8-11/h4-10H,1-3H3,(H,19,21)/t10-/m0/s1. The molecule has 0 aliphatic rings. The Labute approximate surface area is 138 Å². The number of nitrogens with one attached hydrogen (secondary N) is 1. The Bertz CT molecular complexity index is 675. The zero-order valence-electron chi connectivity index (χ0n) is 12.5. The Hall–Kier alpha value is -1.53. The van der Waals surface area contributed by atoms with Gasteiger partial charge < -0.3 is 5.32 Å². The van der Waals surface area contributed by atoms with Crippen LogP contribution in [0.1, 0.15) is 26.8 Å². The van der Waals surface area contributed by atoms with Crippen LogP contribution >= 0.6 is 23.4 Å². The molecule has 1 aromatic heterocycles. The lowest BCUT2D eigenvalue weighted by molar-refractivity contribution is -0.115. The SMILES string of the molecule is CC(C)n1nccc1NC(=O)[C@H](C)Sc1ccc(F)c(Cl)c1. The zero-order valence-corrected chi connectivity index (χ0v) is 14.1. The highest BCUT2D eigenvalue weighted by Gasteiger charge is 2.17. The number of halogens is 2. The van der Waals surface area contributed by atoms with Crippen LogP contribution in [0.2, 0.25) is 5.02 Å². The summed E-state index contributed by atoms with van der Waals surface area (Å²) >= 11 is 7.06. The van der Waals surface area contributed by atoms with Crippen molar-refractivity contribution in [2.75, 3.05) is 5.32 Å². The molecule has 0 aliphatic heterocycles. The molecule has 22 heavy (non-hydrogen) atoms. The second kappa shape index (κ2) is 7.15. The maximum atomic E-state index is 13.1. The number of nitrogens with zero attached hydrogens (tertiary/aromatic N) is 2. The molecular weight excluding hydrogens is 325 g/mol. The number of benzene rings is 1. The smallest absolute Gasteiger partial charge is 0.238 e. The summed E-state index contributed by atoms with van der Waals surface area (Å²) in [6.45, 7) is 5.76. The van der Waals surface area contributed by atoms with E-state index in [1.807, 2.05) is 13.8 Å². The maximum Gasteiger partial charge on any atom is 0.238 e. The Morgan fingerprint density at radius 1 is 1.36 bits per heavy atom. The lowest BCUT2D eigenvalue weighted by atomic mass is 10.3. The molecule has 1 amide bonds. The van der Waals surface area contributed by atoms with Crippen molar-refractivity contribution in [3.63, 3.8) is 0 Å². The topological polar surface area (TPSA) is 46.9 Å². The van der Waals surface area contributed by atoms with Crippen molar-refractivity contribution in [3.8, 4) is 0 Å². The average molecular weight is 342 g/mol. The third kappa shape index (κ3) is 4.01. The molecule has 1 aromatic carbocycles. The quantitative estimate of drug-likeness (QED) is 0.821. The van der Waals surface area contributed by atoms with Gasteiger partial charge in [-0.25, -0.2) is 9.07 Å². The van der Waals surface area contributed by atoms with Gasteiger partial charge in [-0.15, -0.1) is 11.8 Å². The summed E-state index contributed by atoms with van der Waals surface area (Å²) in [7, 11) is 0. The van der Waals surface area contributed by atoms with E-state index in [0.717, 1.165) is 4.90 Å². The number of amides is 1. The Kier molecular flexibility index (Phi) is 5.47. The number of aromatic nitrogens is 2. The summed E-state index contributed by atoms with van der Waals surface area (Å²) in [5.41, 5.74) is 0. The van der Waals surface area contributed by atoms with E-state index in [2.05, 4.69) is 10.4 Å². The minimum atomic E-state index is -0.469. The highest BCUT2D eigenvalue weighted by atomic mass is 35.5. The summed E-state index contributed by atoms with van der Waals surface area (Å²) < 4.78 is 14.9. The molecule has 2 aromatic rings. The van der Waals surface area contributed by atoms with Gasteiger partial charge >= 0.3 is 0 Å². The van der Waals surface area contributed by atoms with Gasteiger partial charge in [0.25, 0.3) is 0 Å². The molecular formula is C15H17ClFN3OS. The fraction of sp³-hybridized carbons (Fsp3) is 0.333. The van der Waals surface area contributed by atoms with Gasteiger partial charge in [0.05, 0.1) is 16.5 Å². The van der Waals surface area contributed by atoms with Crippen LogP contribution in [0.3, 0.4) is 0 Å². The molecule has 0 fully saturated rings. The van der Waals surface area contributed by atoms with Crippen LogP contribution in [0, 0.1) is 5.82 Å². The molecule has 0 saturated carbocycles. The second-order valence-corrected chi connectivity index (χ2v) is 6.90. The number of hydrogen-bond acceptors (Lipinski definition) is 3. The first-order valence-electron chi connectivity index (χ1n) is 6.84. The fourth-order valence-corrected chi connectivity index (χ4v) is 3.01. The number of carbonyl (C=O) groups is 1. The van der Waals surface area contributed by atoms with Crippen molar-refractivity contribution in [1.29, 1.82) is 0 Å². The van der Waals surface area contributed by atoms with Crippen LogP contribution in [0.4, 0.5) is 10.2 Å². The number of thioether (sulfide) groups is 1. The molecule has 1 atom stereocenters. The summed E-state index contributed by atoms with van der Waals surface area (Å²) in [5.74, 6) is 0.0430. The van der Waals surface area contributed by atoms with Crippen LogP contribution < -0.4 is 5.32 Å². The van der Waals surface area contributed by atoms with E-state index in [-0.39, 0.29) is 22.2 Å². The molecule has 7 heteroatoms. The Morgan fingerprint density at radius 2 is 2.09 bits per heavy atom. The molecule has 0 unspecified atom stereocenters. The van der Waals surface area contributed by atoms with Crippen molar-refractivity contribution in [2.45, 2.75) is 37.0 Å². The highest BCUT2D eigenvalue weighted by molar-refractivity contribution is 8.00. The van der Waals surface area contributed by atoms with Crippen LogP contribution in [-0.2, 0) is 4.79 Å². The van der Waals surface area contributed by atoms with E-state index < -0.39 is 5.82 Å². The molecule has 2 rings (SSSR count). The molecule has 1 N–H and O–H groups in total. The third-order valence-electron chi connectivity index (χ3n) is 2.98. The monoisotopic (exact) mass is 341 g/mol. The maximum absolute atomic E-state index is 13.1. The van der Waals surface area contributed by atoms with E-state index in [9.17, 15) is 9.18 Å². The zero-order chi connectivity index (χ0) is 16.3. The van der Waals surface area contributed by atoms with Crippen LogP contribution in [0.25, 0.3) is 0 Å². The molecule has 0 aliphatic carbocycles. The van der Waals surface area contributed by atoms with Crippen LogP contribution in [0.15, 0.2) is 35.4 Å². The first-order chi connectivity index (χ1) is 10.4. The van der Waals surface area contributed by atoms with Crippen LogP contribution in [-0.4, -0.2) is 20.9 Å². The Balaban J connectivity index is 2.02. The molecule has 0 spiro atoms. The number of rotatable bonds is 5. The normalized spacial score (nSPS) is 12.5. The van der Waals surface area contributed by atoms with Crippen molar-refractivity contribution >= 4 is 35.1 Å². The van der Waals surface area contributed by atoms with Crippen molar-refractivity contribution in [3.05, 3.63) is 41.3 Å². The predicted octanol–water partition coefficient (Wildman–Crippen LogP) is 4.38. The van der Waals surface area contributed by atoms with E-state index in [4.69, 9.17) is 11.6 Å². The summed E-state index contributed by atoms with van der Waals surface area (Å²) in [5, 5.41) is 6.72. The van der Waals surface area contributed by atoms with Gasteiger partial charge in [-0.1, -0.05) is 11.6 Å². The third-order valence-corrected chi connectivity index (χ3v) is 4.37. The Morgan fingerprint density at radius 3 is 2.73 bits per heavy atom. The van der Waals surface area contributed by atoms with Crippen molar-refractivity contribution < 1.29 is 9.18 Å². The van der Waals surface area contributed by atoms with Gasteiger partial charge in [0, 0.05) is 17.0 Å². The van der Waals surface area contributed by atoms with Crippen molar-refractivity contribution in [1.82, 2.24) is 9.78 Å². The van der Waals surface area contributed by atoms with Gasteiger partial charge in [-0.2, -0.15) is 5.10 Å². The van der Waals surface area contributed by atoms with Crippen molar-refractivity contribution in [2.24, 2.45) is 0 Å².